The summed E-state index contributed by atoms with van der Waals surface area (Å²) in [5.74, 6) is -0.153. The summed E-state index contributed by atoms with van der Waals surface area (Å²) in [5, 5.41) is 3.03. The molecule has 0 aliphatic heterocycles. The Kier molecular flexibility index (Phi) is 6.55. The van der Waals surface area contributed by atoms with Crippen molar-refractivity contribution in [3.05, 3.63) is 29.8 Å². The lowest BCUT2D eigenvalue weighted by Crippen LogP contribution is -2.40. The maximum atomic E-state index is 12.9. The fourth-order valence-corrected chi connectivity index (χ4v) is 5.53. The number of amides is 1. The van der Waals surface area contributed by atoms with Crippen molar-refractivity contribution < 1.29 is 13.2 Å². The van der Waals surface area contributed by atoms with Gasteiger partial charge in [-0.15, -0.1) is 0 Å². The molecule has 0 spiro atoms. The predicted molar refractivity (Wildman–Crippen MR) is 106 cm³/mol. The number of hydrogen-bond donors (Lipinski definition) is 2. The quantitative estimate of drug-likeness (QED) is 0.804. The molecule has 3 rings (SSSR count). The predicted octanol–water partition coefficient (Wildman–Crippen LogP) is 2.64. The highest BCUT2D eigenvalue weighted by Gasteiger charge is 2.29. The average Bonchev–Trinajstić information content (AvgIpc) is 2.70. The van der Waals surface area contributed by atoms with Crippen molar-refractivity contribution in [2.24, 2.45) is 5.73 Å². The fourth-order valence-electron chi connectivity index (χ4n) is 4.12. The van der Waals surface area contributed by atoms with E-state index in [-0.39, 0.29) is 28.9 Å². The topological polar surface area (TPSA) is 92.5 Å². The normalized spacial score (nSPS) is 24.7. The number of carbonyl (C=O) groups excluding carboxylic acids is 1. The lowest BCUT2D eigenvalue weighted by molar-refractivity contribution is 0.0925. The molecule has 2 fully saturated rings. The molecule has 0 heterocycles. The number of benzene rings is 1. The molecule has 7 heteroatoms. The molecule has 150 valence electrons. The van der Waals surface area contributed by atoms with Gasteiger partial charge in [-0.25, -0.2) is 8.42 Å². The molecule has 2 aliphatic carbocycles. The minimum atomic E-state index is -3.53. The molecule has 0 aromatic heterocycles. The van der Waals surface area contributed by atoms with Gasteiger partial charge < -0.3 is 11.1 Å². The average molecular weight is 394 g/mol. The number of nitrogens with two attached hydrogens (primary N) is 1. The van der Waals surface area contributed by atoms with E-state index in [0.717, 1.165) is 51.4 Å². The Labute approximate surface area is 162 Å². The van der Waals surface area contributed by atoms with Crippen molar-refractivity contribution in [1.82, 2.24) is 9.62 Å². The third-order valence-electron chi connectivity index (χ3n) is 5.99. The first-order valence-electron chi connectivity index (χ1n) is 10.0. The van der Waals surface area contributed by atoms with Crippen molar-refractivity contribution in [2.45, 2.75) is 80.8 Å². The highest BCUT2D eigenvalue weighted by molar-refractivity contribution is 7.89. The second-order valence-corrected chi connectivity index (χ2v) is 9.92. The Balaban J connectivity index is 1.64. The highest BCUT2D eigenvalue weighted by Crippen LogP contribution is 2.26. The van der Waals surface area contributed by atoms with Crippen LogP contribution in [0.15, 0.2) is 29.2 Å². The molecular formula is C20H31N3O3S. The van der Waals surface area contributed by atoms with E-state index in [4.69, 9.17) is 5.73 Å². The second kappa shape index (κ2) is 8.71. The van der Waals surface area contributed by atoms with Gasteiger partial charge in [-0.1, -0.05) is 19.3 Å². The third-order valence-corrected chi connectivity index (χ3v) is 7.91. The zero-order valence-electron chi connectivity index (χ0n) is 16.1. The maximum Gasteiger partial charge on any atom is 0.251 e. The fraction of sp³-hybridized carbons (Fsp3) is 0.650. The van der Waals surface area contributed by atoms with Crippen molar-refractivity contribution >= 4 is 15.9 Å². The van der Waals surface area contributed by atoms with Crippen LogP contribution in [0.25, 0.3) is 0 Å². The smallest absolute Gasteiger partial charge is 0.251 e. The van der Waals surface area contributed by atoms with E-state index >= 15 is 0 Å². The van der Waals surface area contributed by atoms with Gasteiger partial charge in [0.1, 0.15) is 0 Å². The summed E-state index contributed by atoms with van der Waals surface area (Å²) in [6.07, 6.45) is 8.82. The summed E-state index contributed by atoms with van der Waals surface area (Å²) in [5.41, 5.74) is 6.39. The van der Waals surface area contributed by atoms with Crippen LogP contribution in [-0.4, -0.2) is 43.8 Å². The van der Waals surface area contributed by atoms with E-state index in [1.165, 1.54) is 10.7 Å². The van der Waals surface area contributed by atoms with Crippen LogP contribution in [0.3, 0.4) is 0 Å². The van der Waals surface area contributed by atoms with Gasteiger partial charge in [0.15, 0.2) is 0 Å². The van der Waals surface area contributed by atoms with Gasteiger partial charge in [0.25, 0.3) is 5.91 Å². The summed E-state index contributed by atoms with van der Waals surface area (Å²) >= 11 is 0. The molecule has 0 bridgehead atoms. The zero-order chi connectivity index (χ0) is 19.4. The van der Waals surface area contributed by atoms with Crippen LogP contribution >= 0.6 is 0 Å². The number of carbonyl (C=O) groups is 1. The Bertz CT molecular complexity index is 734. The van der Waals surface area contributed by atoms with Gasteiger partial charge in [0.2, 0.25) is 10.0 Å². The first-order valence-corrected chi connectivity index (χ1v) is 11.5. The van der Waals surface area contributed by atoms with Crippen LogP contribution in [0.2, 0.25) is 0 Å². The van der Waals surface area contributed by atoms with E-state index in [1.807, 2.05) is 0 Å². The minimum Gasteiger partial charge on any atom is -0.349 e. The van der Waals surface area contributed by atoms with Gasteiger partial charge in [-0.3, -0.25) is 4.79 Å². The first-order chi connectivity index (χ1) is 12.9. The summed E-state index contributed by atoms with van der Waals surface area (Å²) in [7, 11) is -1.86. The number of nitrogens with one attached hydrogen (secondary N) is 1. The van der Waals surface area contributed by atoms with Crippen molar-refractivity contribution in [2.75, 3.05) is 7.05 Å². The number of rotatable bonds is 5. The van der Waals surface area contributed by atoms with E-state index in [9.17, 15) is 13.2 Å². The lowest BCUT2D eigenvalue weighted by Gasteiger charge is -2.30. The van der Waals surface area contributed by atoms with Crippen molar-refractivity contribution in [3.63, 3.8) is 0 Å². The second-order valence-electron chi connectivity index (χ2n) is 7.92. The van der Waals surface area contributed by atoms with Crippen LogP contribution in [0.4, 0.5) is 0 Å². The summed E-state index contributed by atoms with van der Waals surface area (Å²) < 4.78 is 27.3. The van der Waals surface area contributed by atoms with E-state index in [1.54, 1.807) is 31.3 Å². The number of nitrogens with zero attached hydrogens (tertiary/aromatic N) is 1. The van der Waals surface area contributed by atoms with Gasteiger partial charge in [0.05, 0.1) is 4.90 Å². The molecular weight excluding hydrogens is 362 g/mol. The lowest BCUT2D eigenvalue weighted by atomic mass is 9.91. The molecule has 0 saturated heterocycles. The Morgan fingerprint density at radius 2 is 1.59 bits per heavy atom. The molecule has 0 radical (unpaired) electrons. The van der Waals surface area contributed by atoms with Crippen LogP contribution < -0.4 is 11.1 Å². The molecule has 27 heavy (non-hydrogen) atoms. The summed E-state index contributed by atoms with van der Waals surface area (Å²) in [6.45, 7) is 0. The molecule has 3 N–H and O–H groups in total. The largest absolute Gasteiger partial charge is 0.349 e. The molecule has 0 unspecified atom stereocenters. The van der Waals surface area contributed by atoms with Gasteiger partial charge in [-0.05, 0) is 62.8 Å². The Morgan fingerprint density at radius 3 is 2.19 bits per heavy atom. The minimum absolute atomic E-state index is 0.0735. The van der Waals surface area contributed by atoms with Gasteiger partial charge in [-0.2, -0.15) is 4.31 Å². The monoisotopic (exact) mass is 393 g/mol. The number of hydrogen-bond acceptors (Lipinski definition) is 4. The SMILES string of the molecule is CN(C1CCCCC1)S(=O)(=O)c1ccc(C(=O)NC2CCC(N)CC2)cc1. The molecule has 6 nitrogen and oxygen atoms in total. The van der Waals surface area contributed by atoms with Gasteiger partial charge >= 0.3 is 0 Å². The first kappa shape index (κ1) is 20.3. The maximum absolute atomic E-state index is 12.9. The van der Waals surface area contributed by atoms with Crippen LogP contribution in [0, 0.1) is 0 Å². The van der Waals surface area contributed by atoms with E-state index < -0.39 is 10.0 Å². The van der Waals surface area contributed by atoms with E-state index in [0.29, 0.717) is 5.56 Å². The van der Waals surface area contributed by atoms with Crippen LogP contribution in [0.1, 0.15) is 68.1 Å². The molecule has 1 aromatic rings. The highest BCUT2D eigenvalue weighted by atomic mass is 32.2. The molecule has 2 aliphatic rings. The van der Waals surface area contributed by atoms with E-state index in [2.05, 4.69) is 5.32 Å². The standard InChI is InChI=1S/C20H31N3O3S/c1-23(18-5-3-2-4-6-18)27(25,26)19-13-7-15(8-14-19)20(24)22-17-11-9-16(21)10-12-17/h7-8,13-14,16-18H,2-6,9-12,21H2,1H3,(H,22,24). The molecule has 1 amide bonds. The van der Waals surface area contributed by atoms with Crippen molar-refractivity contribution in [3.8, 4) is 0 Å². The van der Waals surface area contributed by atoms with Crippen molar-refractivity contribution in [1.29, 1.82) is 0 Å². The van der Waals surface area contributed by atoms with Gasteiger partial charge in [0, 0.05) is 30.7 Å². The molecule has 0 atom stereocenters. The number of sulfonamides is 1. The van der Waals surface area contributed by atoms with Crippen LogP contribution in [-0.2, 0) is 10.0 Å². The third kappa shape index (κ3) is 4.89. The molecule has 1 aromatic carbocycles. The summed E-state index contributed by atoms with van der Waals surface area (Å²) in [4.78, 5) is 12.7. The Morgan fingerprint density at radius 1 is 1.00 bits per heavy atom. The zero-order valence-corrected chi connectivity index (χ0v) is 16.9. The van der Waals surface area contributed by atoms with Crippen LogP contribution in [0.5, 0.6) is 0 Å². The summed E-state index contributed by atoms with van der Waals surface area (Å²) in [6, 6.07) is 6.75. The molecule has 2 saturated carbocycles. The Hall–Kier alpha value is -1.44.